The molecule has 2 heteroatoms. The van der Waals surface area contributed by atoms with Gasteiger partial charge in [0, 0.05) is 10.5 Å². The maximum atomic E-state index is 3.49. The molecule has 0 saturated carbocycles. The second kappa shape index (κ2) is 6.66. The molecule has 0 aromatic heterocycles. The summed E-state index contributed by atoms with van der Waals surface area (Å²) in [6.07, 6.45) is 1.07. The van der Waals surface area contributed by atoms with Crippen molar-refractivity contribution in [3.05, 3.63) is 34.3 Å². The first-order valence-corrected chi connectivity index (χ1v) is 5.95. The zero-order valence-corrected chi connectivity index (χ0v) is 10.8. The number of benzene rings is 1. The molecule has 80 valence electrons. The van der Waals surface area contributed by atoms with Crippen molar-refractivity contribution in [2.24, 2.45) is 0 Å². The lowest BCUT2D eigenvalue weighted by molar-refractivity contribution is 0.555. The fourth-order valence-corrected chi connectivity index (χ4v) is 1.90. The number of hydrogen-bond acceptors (Lipinski definition) is 1. The number of rotatable bonds is 4. The average Bonchev–Trinajstić information content (AvgIpc) is 2.24. The second-order valence-corrected chi connectivity index (χ2v) is 4.24. The highest BCUT2D eigenvalue weighted by molar-refractivity contribution is 9.10. The van der Waals surface area contributed by atoms with Crippen LogP contribution < -0.4 is 5.32 Å². The molecule has 1 nitrogen and oxygen atoms in total. The molecular weight excluding hydrogens is 250 g/mol. The highest BCUT2D eigenvalue weighted by Crippen LogP contribution is 2.20. The quantitative estimate of drug-likeness (QED) is 0.822. The topological polar surface area (TPSA) is 12.0 Å². The third-order valence-corrected chi connectivity index (χ3v) is 2.77. The second-order valence-electron chi connectivity index (χ2n) is 3.32. The first-order chi connectivity index (χ1) is 7.27. The van der Waals surface area contributed by atoms with Gasteiger partial charge in [0.15, 0.2) is 0 Å². The van der Waals surface area contributed by atoms with Gasteiger partial charge in [-0.05, 0) is 31.0 Å². The summed E-state index contributed by atoms with van der Waals surface area (Å²) in [6, 6.07) is 8.80. The SMILES string of the molecule is CC#CCNC(CC)c1cccc(Br)c1. The fraction of sp³-hybridized carbons (Fsp3) is 0.385. The van der Waals surface area contributed by atoms with Crippen molar-refractivity contribution >= 4 is 15.9 Å². The summed E-state index contributed by atoms with van der Waals surface area (Å²) >= 11 is 3.49. The molecule has 1 N–H and O–H groups in total. The molecule has 0 radical (unpaired) electrons. The smallest absolute Gasteiger partial charge is 0.0581 e. The molecule has 0 aliphatic heterocycles. The van der Waals surface area contributed by atoms with E-state index in [0.717, 1.165) is 17.4 Å². The van der Waals surface area contributed by atoms with Gasteiger partial charge in [0.1, 0.15) is 0 Å². The molecule has 0 amide bonds. The molecule has 1 aromatic rings. The van der Waals surface area contributed by atoms with Gasteiger partial charge < -0.3 is 0 Å². The van der Waals surface area contributed by atoms with Crippen molar-refractivity contribution in [1.82, 2.24) is 5.32 Å². The maximum Gasteiger partial charge on any atom is 0.0581 e. The van der Waals surface area contributed by atoms with Gasteiger partial charge in [-0.25, -0.2) is 0 Å². The molecule has 1 atom stereocenters. The summed E-state index contributed by atoms with van der Waals surface area (Å²) in [5, 5.41) is 3.42. The molecule has 1 aromatic carbocycles. The Bertz CT molecular complexity index is 362. The maximum absolute atomic E-state index is 3.49. The van der Waals surface area contributed by atoms with E-state index in [-0.39, 0.29) is 0 Å². The predicted molar refractivity (Wildman–Crippen MR) is 68.6 cm³/mol. The molecular formula is C13H16BrN. The van der Waals surface area contributed by atoms with Gasteiger partial charge in [-0.3, -0.25) is 5.32 Å². The van der Waals surface area contributed by atoms with E-state index in [1.807, 2.05) is 13.0 Å². The first kappa shape index (κ1) is 12.3. The van der Waals surface area contributed by atoms with Crippen LogP contribution in [0.3, 0.4) is 0 Å². The minimum atomic E-state index is 0.392. The monoisotopic (exact) mass is 265 g/mol. The highest BCUT2D eigenvalue weighted by atomic mass is 79.9. The molecule has 0 fully saturated rings. The van der Waals surface area contributed by atoms with Gasteiger partial charge in [0.2, 0.25) is 0 Å². The predicted octanol–water partition coefficient (Wildman–Crippen LogP) is 3.51. The lowest BCUT2D eigenvalue weighted by Crippen LogP contribution is -2.20. The lowest BCUT2D eigenvalue weighted by Gasteiger charge is -2.15. The van der Waals surface area contributed by atoms with Gasteiger partial charge in [0.05, 0.1) is 6.54 Å². The molecule has 0 aliphatic rings. The molecule has 0 heterocycles. The van der Waals surface area contributed by atoms with Crippen LogP contribution in [0.2, 0.25) is 0 Å². The van der Waals surface area contributed by atoms with Crippen molar-refractivity contribution in [3.63, 3.8) is 0 Å². The summed E-state index contributed by atoms with van der Waals surface area (Å²) in [4.78, 5) is 0. The van der Waals surface area contributed by atoms with Gasteiger partial charge in [-0.2, -0.15) is 0 Å². The van der Waals surface area contributed by atoms with Crippen LogP contribution in [-0.2, 0) is 0 Å². The van der Waals surface area contributed by atoms with E-state index in [0.29, 0.717) is 6.04 Å². The minimum Gasteiger partial charge on any atom is -0.299 e. The summed E-state index contributed by atoms with van der Waals surface area (Å²) in [5.74, 6) is 5.91. The summed E-state index contributed by atoms with van der Waals surface area (Å²) in [7, 11) is 0. The van der Waals surface area contributed by atoms with Crippen LogP contribution in [0.1, 0.15) is 31.9 Å². The number of nitrogens with one attached hydrogen (secondary N) is 1. The van der Waals surface area contributed by atoms with Crippen LogP contribution in [0.5, 0.6) is 0 Å². The third-order valence-electron chi connectivity index (χ3n) is 2.27. The van der Waals surface area contributed by atoms with Crippen LogP contribution in [0.4, 0.5) is 0 Å². The highest BCUT2D eigenvalue weighted by Gasteiger charge is 2.07. The Morgan fingerprint density at radius 3 is 2.87 bits per heavy atom. The Morgan fingerprint density at radius 1 is 1.47 bits per heavy atom. The summed E-state index contributed by atoms with van der Waals surface area (Å²) < 4.78 is 1.13. The Kier molecular flexibility index (Phi) is 5.45. The lowest BCUT2D eigenvalue weighted by atomic mass is 10.0. The summed E-state index contributed by atoms with van der Waals surface area (Å²) in [6.45, 7) is 4.79. The minimum absolute atomic E-state index is 0.392. The Hall–Kier alpha value is -0.780. The van der Waals surface area contributed by atoms with E-state index in [4.69, 9.17) is 0 Å². The van der Waals surface area contributed by atoms with Crippen molar-refractivity contribution in [3.8, 4) is 11.8 Å². The van der Waals surface area contributed by atoms with Crippen molar-refractivity contribution in [1.29, 1.82) is 0 Å². The van der Waals surface area contributed by atoms with Crippen LogP contribution in [0.25, 0.3) is 0 Å². The normalized spacial score (nSPS) is 11.7. The molecule has 1 rings (SSSR count). The zero-order chi connectivity index (χ0) is 11.1. The number of hydrogen-bond donors (Lipinski definition) is 1. The van der Waals surface area contributed by atoms with Gasteiger partial charge in [-0.15, -0.1) is 5.92 Å². The van der Waals surface area contributed by atoms with E-state index in [1.165, 1.54) is 5.56 Å². The van der Waals surface area contributed by atoms with Crippen LogP contribution in [0.15, 0.2) is 28.7 Å². The van der Waals surface area contributed by atoms with E-state index in [2.05, 4.69) is 58.2 Å². The average molecular weight is 266 g/mol. The van der Waals surface area contributed by atoms with E-state index in [1.54, 1.807) is 0 Å². The molecule has 0 bridgehead atoms. The standard InChI is InChI=1S/C13H16BrN/c1-3-5-9-15-13(4-2)11-7-6-8-12(14)10-11/h6-8,10,13,15H,4,9H2,1-2H3. The third kappa shape index (κ3) is 4.07. The first-order valence-electron chi connectivity index (χ1n) is 5.16. The van der Waals surface area contributed by atoms with Gasteiger partial charge in [-0.1, -0.05) is 40.9 Å². The fourth-order valence-electron chi connectivity index (χ4n) is 1.48. The Morgan fingerprint density at radius 2 is 2.27 bits per heavy atom. The van der Waals surface area contributed by atoms with E-state index < -0.39 is 0 Å². The summed E-state index contributed by atoms with van der Waals surface area (Å²) in [5.41, 5.74) is 1.31. The van der Waals surface area contributed by atoms with E-state index >= 15 is 0 Å². The van der Waals surface area contributed by atoms with Gasteiger partial charge >= 0.3 is 0 Å². The van der Waals surface area contributed by atoms with Crippen molar-refractivity contribution in [2.45, 2.75) is 26.3 Å². The Labute approximate surface area is 100 Å². The van der Waals surface area contributed by atoms with Crippen molar-refractivity contribution < 1.29 is 0 Å². The number of halogens is 1. The largest absolute Gasteiger partial charge is 0.299 e. The molecule has 0 aliphatic carbocycles. The van der Waals surface area contributed by atoms with Crippen LogP contribution in [0, 0.1) is 11.8 Å². The Balaban J connectivity index is 2.68. The molecule has 0 spiro atoms. The van der Waals surface area contributed by atoms with Crippen molar-refractivity contribution in [2.75, 3.05) is 6.54 Å². The van der Waals surface area contributed by atoms with Crippen LogP contribution in [-0.4, -0.2) is 6.54 Å². The van der Waals surface area contributed by atoms with E-state index in [9.17, 15) is 0 Å². The molecule has 1 unspecified atom stereocenters. The van der Waals surface area contributed by atoms with Crippen LogP contribution >= 0.6 is 15.9 Å². The van der Waals surface area contributed by atoms with Gasteiger partial charge in [0.25, 0.3) is 0 Å². The molecule has 15 heavy (non-hydrogen) atoms. The zero-order valence-electron chi connectivity index (χ0n) is 9.18. The molecule has 0 saturated heterocycles.